The Labute approximate surface area is 201 Å². The second-order valence-corrected chi connectivity index (χ2v) is 10.4. The Morgan fingerprint density at radius 2 is 1.88 bits per heavy atom. The number of carbonyl (C=O) groups excluding carboxylic acids is 1. The summed E-state index contributed by atoms with van der Waals surface area (Å²) in [5, 5.41) is 5.07. The standard InChI is InChI=1S/C25H19ClFN3O3S/c26-22-9-6-17(14-21(22)24-19-5-2-1-4-16(19)10-11-28-24)29-25(31)20-8-7-18(15-23(20)27)30-12-3-13-34(30,32)33/h1-2,4-11,14-15H,3,12-13H2,(H,29,31). The van der Waals surface area contributed by atoms with Crippen LogP contribution in [-0.4, -0.2) is 31.6 Å². The predicted molar refractivity (Wildman–Crippen MR) is 132 cm³/mol. The zero-order chi connectivity index (χ0) is 23.9. The Balaban J connectivity index is 1.44. The molecule has 4 aromatic rings. The summed E-state index contributed by atoms with van der Waals surface area (Å²) in [7, 11) is -3.44. The first kappa shape index (κ1) is 22.3. The fraction of sp³-hybridized carbons (Fsp3) is 0.120. The van der Waals surface area contributed by atoms with Crippen LogP contribution in [-0.2, 0) is 10.0 Å². The largest absolute Gasteiger partial charge is 0.322 e. The van der Waals surface area contributed by atoms with E-state index in [0.717, 1.165) is 16.8 Å². The number of hydrogen-bond acceptors (Lipinski definition) is 4. The van der Waals surface area contributed by atoms with Crippen molar-refractivity contribution in [3.05, 3.63) is 89.3 Å². The lowest BCUT2D eigenvalue weighted by molar-refractivity contribution is 0.102. The molecule has 1 saturated heterocycles. The number of halogens is 2. The maximum Gasteiger partial charge on any atom is 0.258 e. The number of fused-ring (bicyclic) bond motifs is 1. The van der Waals surface area contributed by atoms with Crippen LogP contribution < -0.4 is 9.62 Å². The van der Waals surface area contributed by atoms with Gasteiger partial charge in [-0.2, -0.15) is 0 Å². The monoisotopic (exact) mass is 495 g/mol. The van der Waals surface area contributed by atoms with Gasteiger partial charge < -0.3 is 5.32 Å². The van der Waals surface area contributed by atoms with Gasteiger partial charge in [0, 0.05) is 29.4 Å². The maximum absolute atomic E-state index is 14.8. The highest BCUT2D eigenvalue weighted by atomic mass is 35.5. The number of benzene rings is 3. The summed E-state index contributed by atoms with van der Waals surface area (Å²) in [5.41, 5.74) is 1.74. The Kier molecular flexibility index (Phi) is 5.71. The van der Waals surface area contributed by atoms with E-state index in [4.69, 9.17) is 11.6 Å². The van der Waals surface area contributed by atoms with Crippen molar-refractivity contribution in [1.82, 2.24) is 4.98 Å². The van der Waals surface area contributed by atoms with Crippen molar-refractivity contribution in [1.29, 1.82) is 0 Å². The van der Waals surface area contributed by atoms with Gasteiger partial charge in [-0.15, -0.1) is 0 Å². The lowest BCUT2D eigenvalue weighted by Gasteiger charge is -2.17. The summed E-state index contributed by atoms with van der Waals surface area (Å²) in [6, 6.07) is 18.4. The van der Waals surface area contributed by atoms with Crippen molar-refractivity contribution < 1.29 is 17.6 Å². The number of nitrogens with one attached hydrogen (secondary N) is 1. The fourth-order valence-corrected chi connectivity index (χ4v) is 5.85. The number of anilines is 2. The van der Waals surface area contributed by atoms with Crippen LogP contribution in [0.2, 0.25) is 5.02 Å². The molecular formula is C25H19ClFN3O3S. The van der Waals surface area contributed by atoms with Crippen molar-refractivity contribution in [2.24, 2.45) is 0 Å². The number of sulfonamides is 1. The van der Waals surface area contributed by atoms with E-state index in [1.165, 1.54) is 16.4 Å². The van der Waals surface area contributed by atoms with Gasteiger partial charge in [0.1, 0.15) is 5.82 Å². The number of hydrogen-bond donors (Lipinski definition) is 1. The maximum atomic E-state index is 14.8. The fourth-order valence-electron chi connectivity index (χ4n) is 4.09. The van der Waals surface area contributed by atoms with Crippen molar-refractivity contribution >= 4 is 49.7 Å². The summed E-state index contributed by atoms with van der Waals surface area (Å²) < 4.78 is 40.1. The average molecular weight is 496 g/mol. The minimum absolute atomic E-state index is 0.0291. The number of amides is 1. The van der Waals surface area contributed by atoms with Gasteiger partial charge in [-0.1, -0.05) is 35.9 Å². The molecule has 2 heterocycles. The van der Waals surface area contributed by atoms with E-state index in [2.05, 4.69) is 10.3 Å². The van der Waals surface area contributed by atoms with Gasteiger partial charge >= 0.3 is 0 Å². The van der Waals surface area contributed by atoms with Gasteiger partial charge in [0.05, 0.1) is 27.7 Å². The molecule has 1 aliphatic heterocycles. The molecule has 1 fully saturated rings. The summed E-state index contributed by atoms with van der Waals surface area (Å²) in [5.74, 6) is -1.43. The van der Waals surface area contributed by atoms with E-state index in [1.807, 2.05) is 30.3 Å². The number of rotatable bonds is 4. The Morgan fingerprint density at radius 3 is 2.65 bits per heavy atom. The van der Waals surface area contributed by atoms with Crippen LogP contribution in [0.5, 0.6) is 0 Å². The molecular weight excluding hydrogens is 477 g/mol. The first-order valence-corrected chi connectivity index (χ1v) is 12.6. The quantitative estimate of drug-likeness (QED) is 0.406. The molecule has 0 atom stereocenters. The third-order valence-electron chi connectivity index (χ3n) is 5.74. The van der Waals surface area contributed by atoms with Crippen LogP contribution in [0.3, 0.4) is 0 Å². The van der Waals surface area contributed by atoms with E-state index < -0.39 is 21.7 Å². The van der Waals surface area contributed by atoms with Gasteiger partial charge in [-0.25, -0.2) is 12.8 Å². The Bertz CT molecular complexity index is 1540. The number of nitrogens with zero attached hydrogens (tertiary/aromatic N) is 2. The second-order valence-electron chi connectivity index (χ2n) is 7.94. The minimum Gasteiger partial charge on any atom is -0.322 e. The molecule has 1 aliphatic rings. The van der Waals surface area contributed by atoms with Gasteiger partial charge in [-0.3, -0.25) is 14.1 Å². The summed E-state index contributed by atoms with van der Waals surface area (Å²) in [6.45, 7) is 0.295. The van der Waals surface area contributed by atoms with E-state index in [-0.39, 0.29) is 17.0 Å². The lowest BCUT2D eigenvalue weighted by Crippen LogP contribution is -2.25. The average Bonchev–Trinajstić information content (AvgIpc) is 3.18. The topological polar surface area (TPSA) is 79.4 Å². The molecule has 0 unspecified atom stereocenters. The van der Waals surface area contributed by atoms with Crippen LogP contribution in [0.1, 0.15) is 16.8 Å². The van der Waals surface area contributed by atoms with Crippen LogP contribution in [0.4, 0.5) is 15.8 Å². The number of aromatic nitrogens is 1. The smallest absolute Gasteiger partial charge is 0.258 e. The molecule has 0 saturated carbocycles. The van der Waals surface area contributed by atoms with E-state index >= 15 is 0 Å². The predicted octanol–water partition coefficient (Wildman–Crippen LogP) is 5.49. The molecule has 0 radical (unpaired) electrons. The molecule has 0 bridgehead atoms. The molecule has 9 heteroatoms. The number of carbonyl (C=O) groups is 1. The van der Waals surface area contributed by atoms with Crippen LogP contribution in [0, 0.1) is 5.82 Å². The van der Waals surface area contributed by atoms with Gasteiger partial charge in [0.15, 0.2) is 0 Å². The van der Waals surface area contributed by atoms with Gasteiger partial charge in [-0.05, 0) is 54.3 Å². The molecule has 1 aromatic heterocycles. The molecule has 0 aliphatic carbocycles. The zero-order valence-corrected chi connectivity index (χ0v) is 19.4. The van der Waals surface area contributed by atoms with E-state index in [1.54, 1.807) is 24.4 Å². The second kappa shape index (κ2) is 8.70. The van der Waals surface area contributed by atoms with Crippen molar-refractivity contribution in [2.45, 2.75) is 6.42 Å². The van der Waals surface area contributed by atoms with Crippen LogP contribution in [0.15, 0.2) is 72.9 Å². The van der Waals surface area contributed by atoms with Gasteiger partial charge in [0.25, 0.3) is 5.91 Å². The highest BCUT2D eigenvalue weighted by molar-refractivity contribution is 7.93. The van der Waals surface area contributed by atoms with Crippen molar-refractivity contribution in [3.63, 3.8) is 0 Å². The molecule has 6 nitrogen and oxygen atoms in total. The molecule has 172 valence electrons. The van der Waals surface area contributed by atoms with Gasteiger partial charge in [0.2, 0.25) is 10.0 Å². The van der Waals surface area contributed by atoms with Crippen molar-refractivity contribution in [3.8, 4) is 11.3 Å². The van der Waals surface area contributed by atoms with Crippen molar-refractivity contribution in [2.75, 3.05) is 21.9 Å². The Morgan fingerprint density at radius 1 is 1.06 bits per heavy atom. The highest BCUT2D eigenvalue weighted by Crippen LogP contribution is 2.34. The van der Waals surface area contributed by atoms with E-state index in [0.29, 0.717) is 34.9 Å². The minimum atomic E-state index is -3.44. The third kappa shape index (κ3) is 4.10. The molecule has 34 heavy (non-hydrogen) atoms. The highest BCUT2D eigenvalue weighted by Gasteiger charge is 2.29. The molecule has 3 aromatic carbocycles. The molecule has 5 rings (SSSR count). The van der Waals surface area contributed by atoms with E-state index in [9.17, 15) is 17.6 Å². The van der Waals surface area contributed by atoms with Crippen LogP contribution in [0.25, 0.3) is 22.0 Å². The Hall–Kier alpha value is -3.49. The first-order chi connectivity index (χ1) is 16.3. The third-order valence-corrected chi connectivity index (χ3v) is 7.94. The molecule has 1 amide bonds. The summed E-state index contributed by atoms with van der Waals surface area (Å²) in [6.07, 6.45) is 2.17. The first-order valence-electron chi connectivity index (χ1n) is 10.6. The van der Waals surface area contributed by atoms with Crippen LogP contribution >= 0.6 is 11.6 Å². The normalized spacial score (nSPS) is 14.9. The number of pyridine rings is 1. The zero-order valence-electron chi connectivity index (χ0n) is 17.8. The molecule has 1 N–H and O–H groups in total. The summed E-state index contributed by atoms with van der Waals surface area (Å²) >= 11 is 6.45. The molecule has 0 spiro atoms. The SMILES string of the molecule is O=C(Nc1ccc(Cl)c(-c2nccc3ccccc23)c1)c1ccc(N2CCCS2(=O)=O)cc1F. The summed E-state index contributed by atoms with van der Waals surface area (Å²) in [4.78, 5) is 17.3. The lowest BCUT2D eigenvalue weighted by atomic mass is 10.0.